The predicted molar refractivity (Wildman–Crippen MR) is 97.6 cm³/mol. The maximum atomic E-state index is 11.7. The standard InChI is InChI=1S/C17H27N3O4S/c1-13-10-15(20-24-13)19-17(22)12-25-11-16(21)18-8-5-9-23-14-6-3-2-4-7-14/h10,14H,2-9,11-12H2,1H3,(H,18,21)(H,19,20,22). The lowest BCUT2D eigenvalue weighted by Gasteiger charge is -2.21. The van der Waals surface area contributed by atoms with Crippen molar-refractivity contribution in [2.45, 2.75) is 51.6 Å². The summed E-state index contributed by atoms with van der Waals surface area (Å²) >= 11 is 1.27. The molecule has 0 radical (unpaired) electrons. The summed E-state index contributed by atoms with van der Waals surface area (Å²) in [5, 5.41) is 9.15. The Morgan fingerprint density at radius 1 is 1.28 bits per heavy atom. The second-order valence-corrected chi connectivity index (χ2v) is 7.18. The first-order valence-corrected chi connectivity index (χ1v) is 9.98. The van der Waals surface area contributed by atoms with Crippen molar-refractivity contribution in [1.29, 1.82) is 0 Å². The summed E-state index contributed by atoms with van der Waals surface area (Å²) in [7, 11) is 0. The van der Waals surface area contributed by atoms with Crippen LogP contribution in [0.3, 0.4) is 0 Å². The maximum absolute atomic E-state index is 11.7. The predicted octanol–water partition coefficient (Wildman–Crippen LogP) is 2.51. The van der Waals surface area contributed by atoms with Gasteiger partial charge in [0.25, 0.3) is 0 Å². The van der Waals surface area contributed by atoms with Crippen molar-refractivity contribution in [3.63, 3.8) is 0 Å². The monoisotopic (exact) mass is 369 g/mol. The Morgan fingerprint density at radius 2 is 2.04 bits per heavy atom. The minimum Gasteiger partial charge on any atom is -0.378 e. The van der Waals surface area contributed by atoms with Crippen LogP contribution in [0.25, 0.3) is 0 Å². The van der Waals surface area contributed by atoms with E-state index >= 15 is 0 Å². The van der Waals surface area contributed by atoms with Gasteiger partial charge in [-0.2, -0.15) is 0 Å². The zero-order valence-corrected chi connectivity index (χ0v) is 15.5. The van der Waals surface area contributed by atoms with E-state index in [1.165, 1.54) is 43.9 Å². The Hall–Kier alpha value is -1.54. The molecule has 2 rings (SSSR count). The van der Waals surface area contributed by atoms with Gasteiger partial charge in [-0.15, -0.1) is 11.8 Å². The van der Waals surface area contributed by atoms with Crippen LogP contribution in [-0.2, 0) is 14.3 Å². The summed E-state index contributed by atoms with van der Waals surface area (Å²) < 4.78 is 10.7. The topological polar surface area (TPSA) is 93.5 Å². The number of thioether (sulfide) groups is 1. The Balaban J connectivity index is 1.44. The van der Waals surface area contributed by atoms with Crippen molar-refractivity contribution in [2.75, 3.05) is 30.0 Å². The molecule has 0 saturated heterocycles. The third-order valence-electron chi connectivity index (χ3n) is 3.91. The first kappa shape index (κ1) is 19.8. The van der Waals surface area contributed by atoms with E-state index in [4.69, 9.17) is 9.26 Å². The third kappa shape index (κ3) is 8.40. The van der Waals surface area contributed by atoms with Crippen LogP contribution < -0.4 is 10.6 Å². The van der Waals surface area contributed by atoms with Gasteiger partial charge < -0.3 is 19.9 Å². The van der Waals surface area contributed by atoms with Gasteiger partial charge in [0, 0.05) is 19.2 Å². The van der Waals surface area contributed by atoms with Gasteiger partial charge in [-0.05, 0) is 26.2 Å². The maximum Gasteiger partial charge on any atom is 0.235 e. The van der Waals surface area contributed by atoms with Crippen LogP contribution in [0.1, 0.15) is 44.3 Å². The summed E-state index contributed by atoms with van der Waals surface area (Å²) in [6.45, 7) is 3.05. The van der Waals surface area contributed by atoms with Crippen molar-refractivity contribution in [3.05, 3.63) is 11.8 Å². The van der Waals surface area contributed by atoms with Gasteiger partial charge in [0.1, 0.15) is 5.76 Å². The zero-order chi connectivity index (χ0) is 17.9. The number of nitrogens with one attached hydrogen (secondary N) is 2. The van der Waals surface area contributed by atoms with Crippen LogP contribution in [0, 0.1) is 6.92 Å². The SMILES string of the molecule is Cc1cc(NC(=O)CSCC(=O)NCCCOC2CCCCC2)no1. The lowest BCUT2D eigenvalue weighted by Crippen LogP contribution is -2.28. The van der Waals surface area contributed by atoms with Crippen molar-refractivity contribution < 1.29 is 18.8 Å². The van der Waals surface area contributed by atoms with E-state index in [0.29, 0.717) is 30.8 Å². The minimum atomic E-state index is -0.202. The molecular formula is C17H27N3O4S. The van der Waals surface area contributed by atoms with Crippen LogP contribution >= 0.6 is 11.8 Å². The molecule has 2 amide bonds. The number of ether oxygens (including phenoxy) is 1. The Morgan fingerprint density at radius 3 is 2.76 bits per heavy atom. The first-order valence-electron chi connectivity index (χ1n) is 8.82. The number of aryl methyl sites for hydroxylation is 1. The molecule has 0 atom stereocenters. The Kier molecular flexibility index (Phi) is 8.82. The number of aromatic nitrogens is 1. The summed E-state index contributed by atoms with van der Waals surface area (Å²) in [5.74, 6) is 1.22. The third-order valence-corrected chi connectivity index (χ3v) is 4.84. The van der Waals surface area contributed by atoms with E-state index in [0.717, 1.165) is 6.42 Å². The molecule has 1 aromatic heterocycles. The van der Waals surface area contributed by atoms with E-state index in [2.05, 4.69) is 15.8 Å². The number of rotatable bonds is 10. The van der Waals surface area contributed by atoms with Gasteiger partial charge in [-0.1, -0.05) is 24.4 Å². The number of carbonyl (C=O) groups excluding carboxylic acids is 2. The molecule has 0 bridgehead atoms. The average molecular weight is 369 g/mol. The fourth-order valence-corrected chi connectivity index (χ4v) is 3.32. The van der Waals surface area contributed by atoms with E-state index in [1.807, 2.05) is 0 Å². The van der Waals surface area contributed by atoms with Crippen LogP contribution in [0.2, 0.25) is 0 Å². The van der Waals surface area contributed by atoms with Crippen molar-refractivity contribution in [3.8, 4) is 0 Å². The molecule has 1 saturated carbocycles. The normalized spacial score (nSPS) is 15.1. The molecule has 8 heteroatoms. The molecule has 0 unspecified atom stereocenters. The first-order chi connectivity index (χ1) is 12.1. The number of carbonyl (C=O) groups is 2. The number of amides is 2. The molecule has 1 aromatic rings. The quantitative estimate of drug-likeness (QED) is 0.616. The molecule has 0 spiro atoms. The van der Waals surface area contributed by atoms with Gasteiger partial charge in [0.15, 0.2) is 5.82 Å². The largest absolute Gasteiger partial charge is 0.378 e. The van der Waals surface area contributed by atoms with Crippen LogP contribution in [0.5, 0.6) is 0 Å². The molecule has 1 fully saturated rings. The highest BCUT2D eigenvalue weighted by molar-refractivity contribution is 8.00. The fraction of sp³-hybridized carbons (Fsp3) is 0.706. The molecular weight excluding hydrogens is 342 g/mol. The lowest BCUT2D eigenvalue weighted by molar-refractivity contribution is -0.118. The van der Waals surface area contributed by atoms with Crippen LogP contribution in [-0.4, -0.2) is 47.7 Å². The molecule has 0 aromatic carbocycles. The van der Waals surface area contributed by atoms with Gasteiger partial charge in [0.05, 0.1) is 17.6 Å². The highest BCUT2D eigenvalue weighted by Crippen LogP contribution is 2.20. The Labute approximate surface area is 152 Å². The van der Waals surface area contributed by atoms with Gasteiger partial charge in [0.2, 0.25) is 11.8 Å². The molecule has 1 aliphatic rings. The second-order valence-electron chi connectivity index (χ2n) is 6.20. The summed E-state index contributed by atoms with van der Waals surface area (Å²) in [6, 6.07) is 1.64. The van der Waals surface area contributed by atoms with Crippen molar-refractivity contribution >= 4 is 29.4 Å². The van der Waals surface area contributed by atoms with E-state index in [9.17, 15) is 9.59 Å². The summed E-state index contributed by atoms with van der Waals surface area (Å²) in [6.07, 6.45) is 7.41. The van der Waals surface area contributed by atoms with Crippen LogP contribution in [0.4, 0.5) is 5.82 Å². The van der Waals surface area contributed by atoms with Crippen LogP contribution in [0.15, 0.2) is 10.6 Å². The lowest BCUT2D eigenvalue weighted by atomic mass is 9.98. The second kappa shape index (κ2) is 11.1. The van der Waals surface area contributed by atoms with E-state index < -0.39 is 0 Å². The highest BCUT2D eigenvalue weighted by atomic mass is 32.2. The van der Waals surface area contributed by atoms with Gasteiger partial charge >= 0.3 is 0 Å². The highest BCUT2D eigenvalue weighted by Gasteiger charge is 2.13. The molecule has 0 aliphatic heterocycles. The number of nitrogens with zero attached hydrogens (tertiary/aromatic N) is 1. The fourth-order valence-electron chi connectivity index (χ4n) is 2.67. The molecule has 1 heterocycles. The molecule has 2 N–H and O–H groups in total. The molecule has 140 valence electrons. The number of hydrogen-bond donors (Lipinski definition) is 2. The van der Waals surface area contributed by atoms with Gasteiger partial charge in [-0.25, -0.2) is 0 Å². The average Bonchev–Trinajstić information content (AvgIpc) is 3.00. The molecule has 25 heavy (non-hydrogen) atoms. The summed E-state index contributed by atoms with van der Waals surface area (Å²) in [5.41, 5.74) is 0. The van der Waals surface area contributed by atoms with E-state index in [-0.39, 0.29) is 23.3 Å². The smallest absolute Gasteiger partial charge is 0.235 e. The molecule has 7 nitrogen and oxygen atoms in total. The molecule has 1 aliphatic carbocycles. The summed E-state index contributed by atoms with van der Waals surface area (Å²) in [4.78, 5) is 23.4. The van der Waals surface area contributed by atoms with Crippen molar-refractivity contribution in [1.82, 2.24) is 10.5 Å². The number of hydrogen-bond acceptors (Lipinski definition) is 6. The Bertz CT molecular complexity index is 544. The van der Waals surface area contributed by atoms with E-state index in [1.54, 1.807) is 13.0 Å². The van der Waals surface area contributed by atoms with Crippen molar-refractivity contribution in [2.24, 2.45) is 0 Å². The van der Waals surface area contributed by atoms with Gasteiger partial charge in [-0.3, -0.25) is 9.59 Å². The number of anilines is 1. The minimum absolute atomic E-state index is 0.0623. The zero-order valence-electron chi connectivity index (χ0n) is 14.7.